The van der Waals surface area contributed by atoms with Crippen LogP contribution in [-0.2, 0) is 6.42 Å². The predicted octanol–water partition coefficient (Wildman–Crippen LogP) is 3.63. The highest BCUT2D eigenvalue weighted by molar-refractivity contribution is 9.10. The molecule has 2 nitrogen and oxygen atoms in total. The zero-order valence-corrected chi connectivity index (χ0v) is 12.4. The molecule has 1 aromatic carbocycles. The Hall–Kier alpha value is -0.540. The first-order valence-electron chi connectivity index (χ1n) is 6.89. The van der Waals surface area contributed by atoms with Crippen LogP contribution in [0.4, 0.5) is 0 Å². The van der Waals surface area contributed by atoms with Crippen LogP contribution in [0.1, 0.15) is 31.2 Å². The lowest BCUT2D eigenvalue weighted by molar-refractivity contribution is 0.0448. The molecular formula is C15H20BrNO. The highest BCUT2D eigenvalue weighted by Crippen LogP contribution is 2.33. The van der Waals surface area contributed by atoms with Gasteiger partial charge in [0.2, 0.25) is 0 Å². The van der Waals surface area contributed by atoms with Crippen molar-refractivity contribution in [2.45, 2.75) is 44.2 Å². The molecule has 98 valence electrons. The molecule has 0 aromatic heterocycles. The zero-order valence-electron chi connectivity index (χ0n) is 10.9. The van der Waals surface area contributed by atoms with Gasteiger partial charge in [0.15, 0.2) is 0 Å². The lowest BCUT2D eigenvalue weighted by atomic mass is 9.92. The van der Waals surface area contributed by atoms with Crippen molar-refractivity contribution in [2.24, 2.45) is 0 Å². The quantitative estimate of drug-likeness (QED) is 0.785. The van der Waals surface area contributed by atoms with Crippen molar-refractivity contribution >= 4 is 15.9 Å². The van der Waals surface area contributed by atoms with Crippen molar-refractivity contribution in [3.63, 3.8) is 0 Å². The van der Waals surface area contributed by atoms with Crippen LogP contribution < -0.4 is 4.74 Å². The predicted molar refractivity (Wildman–Crippen MR) is 77.1 cm³/mol. The molecule has 0 spiro atoms. The van der Waals surface area contributed by atoms with Gasteiger partial charge < -0.3 is 4.74 Å². The number of hydrogen-bond donors (Lipinski definition) is 0. The van der Waals surface area contributed by atoms with Crippen molar-refractivity contribution in [3.8, 4) is 5.75 Å². The number of likely N-dealkylation sites (tertiary alicyclic amines) is 1. The summed E-state index contributed by atoms with van der Waals surface area (Å²) < 4.78 is 7.39. The second-order valence-electron chi connectivity index (χ2n) is 5.49. The van der Waals surface area contributed by atoms with Crippen LogP contribution in [0.15, 0.2) is 22.7 Å². The first-order valence-corrected chi connectivity index (χ1v) is 7.68. The van der Waals surface area contributed by atoms with Crippen molar-refractivity contribution in [3.05, 3.63) is 28.2 Å². The third kappa shape index (κ3) is 2.43. The molecule has 0 radical (unpaired) electrons. The Balaban J connectivity index is 1.76. The second kappa shape index (κ2) is 5.22. The number of benzene rings is 1. The van der Waals surface area contributed by atoms with Gasteiger partial charge in [-0.3, -0.25) is 4.90 Å². The molecule has 1 fully saturated rings. The van der Waals surface area contributed by atoms with E-state index in [4.69, 9.17) is 4.74 Å². The Labute approximate surface area is 117 Å². The summed E-state index contributed by atoms with van der Waals surface area (Å²) in [5, 5.41) is 0. The summed E-state index contributed by atoms with van der Waals surface area (Å²) in [6.07, 6.45) is 6.64. The molecule has 0 N–H and O–H groups in total. The highest BCUT2D eigenvalue weighted by atomic mass is 79.9. The number of ether oxygens (including phenoxy) is 1. The SMILES string of the molecule is CN1CCCCC1C1CCc2cc(Br)ccc2O1. The van der Waals surface area contributed by atoms with E-state index in [0.717, 1.165) is 23.1 Å². The third-order valence-corrected chi connectivity index (χ3v) is 4.75. The van der Waals surface area contributed by atoms with Gasteiger partial charge in [-0.25, -0.2) is 0 Å². The molecule has 1 aromatic rings. The number of aryl methyl sites for hydroxylation is 1. The van der Waals surface area contributed by atoms with Gasteiger partial charge >= 0.3 is 0 Å². The van der Waals surface area contributed by atoms with E-state index in [1.54, 1.807) is 0 Å². The number of likely N-dealkylation sites (N-methyl/N-ethyl adjacent to an activating group) is 1. The fourth-order valence-electron chi connectivity index (χ4n) is 3.22. The van der Waals surface area contributed by atoms with Gasteiger partial charge in [0.05, 0.1) is 0 Å². The molecule has 2 aliphatic heterocycles. The number of halogens is 1. The average Bonchev–Trinajstić information content (AvgIpc) is 2.39. The largest absolute Gasteiger partial charge is 0.489 e. The summed E-state index contributed by atoms with van der Waals surface area (Å²) in [6, 6.07) is 6.98. The van der Waals surface area contributed by atoms with Crippen molar-refractivity contribution < 1.29 is 4.74 Å². The lowest BCUT2D eigenvalue weighted by Gasteiger charge is -2.40. The van der Waals surface area contributed by atoms with E-state index in [-0.39, 0.29) is 0 Å². The maximum Gasteiger partial charge on any atom is 0.123 e. The first kappa shape index (κ1) is 12.5. The van der Waals surface area contributed by atoms with Crippen molar-refractivity contribution in [2.75, 3.05) is 13.6 Å². The molecule has 18 heavy (non-hydrogen) atoms. The van der Waals surface area contributed by atoms with Crippen molar-refractivity contribution in [1.82, 2.24) is 4.90 Å². The molecular weight excluding hydrogens is 290 g/mol. The minimum atomic E-state index is 0.379. The summed E-state index contributed by atoms with van der Waals surface area (Å²) in [7, 11) is 2.24. The normalized spacial score (nSPS) is 28.6. The van der Waals surface area contributed by atoms with E-state index < -0.39 is 0 Å². The molecule has 2 atom stereocenters. The molecule has 0 amide bonds. The smallest absolute Gasteiger partial charge is 0.123 e. The fourth-order valence-corrected chi connectivity index (χ4v) is 3.63. The summed E-state index contributed by atoms with van der Waals surface area (Å²) in [5.74, 6) is 1.09. The van der Waals surface area contributed by atoms with E-state index in [9.17, 15) is 0 Å². The average molecular weight is 310 g/mol. The number of hydrogen-bond acceptors (Lipinski definition) is 2. The second-order valence-corrected chi connectivity index (χ2v) is 6.41. The maximum absolute atomic E-state index is 6.23. The molecule has 3 rings (SSSR count). The number of nitrogens with zero attached hydrogens (tertiary/aromatic N) is 1. The molecule has 0 bridgehead atoms. The minimum absolute atomic E-state index is 0.379. The summed E-state index contributed by atoms with van der Waals surface area (Å²) >= 11 is 3.53. The topological polar surface area (TPSA) is 12.5 Å². The Morgan fingerprint density at radius 1 is 1.28 bits per heavy atom. The molecule has 0 saturated carbocycles. The van der Waals surface area contributed by atoms with Crippen LogP contribution in [0.25, 0.3) is 0 Å². The van der Waals surface area contributed by atoms with Crippen molar-refractivity contribution in [1.29, 1.82) is 0 Å². The van der Waals surface area contributed by atoms with Crippen LogP contribution in [0.5, 0.6) is 5.75 Å². The van der Waals surface area contributed by atoms with E-state index in [2.05, 4.69) is 46.1 Å². The van der Waals surface area contributed by atoms with Gasteiger partial charge in [0.1, 0.15) is 11.9 Å². The standard InChI is InChI=1S/C15H20BrNO/c1-17-9-3-2-4-13(17)15-7-5-11-10-12(16)6-8-14(11)18-15/h6,8,10,13,15H,2-5,7,9H2,1H3. The summed E-state index contributed by atoms with van der Waals surface area (Å²) in [6.45, 7) is 1.22. The van der Waals surface area contributed by atoms with E-state index in [1.165, 1.54) is 31.4 Å². The van der Waals surface area contributed by atoms with Gasteiger partial charge in [-0.05, 0) is 63.0 Å². The molecule has 2 heterocycles. The highest BCUT2D eigenvalue weighted by Gasteiger charge is 2.31. The Bertz CT molecular complexity index is 435. The first-order chi connectivity index (χ1) is 8.74. The monoisotopic (exact) mass is 309 g/mol. The van der Waals surface area contributed by atoms with Crippen LogP contribution >= 0.6 is 15.9 Å². The maximum atomic E-state index is 6.23. The van der Waals surface area contributed by atoms with E-state index >= 15 is 0 Å². The lowest BCUT2D eigenvalue weighted by Crippen LogP contribution is -2.48. The van der Waals surface area contributed by atoms with Gasteiger partial charge in [-0.15, -0.1) is 0 Å². The van der Waals surface area contributed by atoms with E-state index in [1.807, 2.05) is 0 Å². The molecule has 1 saturated heterocycles. The van der Waals surface area contributed by atoms with Crippen LogP contribution in [0.2, 0.25) is 0 Å². The Morgan fingerprint density at radius 3 is 3.00 bits per heavy atom. The van der Waals surface area contributed by atoms with Gasteiger partial charge in [0, 0.05) is 10.5 Å². The molecule has 3 heteroatoms. The minimum Gasteiger partial charge on any atom is -0.489 e. The Kier molecular flexibility index (Phi) is 3.62. The van der Waals surface area contributed by atoms with Crippen LogP contribution in [-0.4, -0.2) is 30.6 Å². The number of fused-ring (bicyclic) bond motifs is 1. The molecule has 0 aliphatic carbocycles. The van der Waals surface area contributed by atoms with Crippen LogP contribution in [0.3, 0.4) is 0 Å². The summed E-state index contributed by atoms with van der Waals surface area (Å²) in [5.41, 5.74) is 1.35. The fraction of sp³-hybridized carbons (Fsp3) is 0.600. The van der Waals surface area contributed by atoms with E-state index in [0.29, 0.717) is 12.1 Å². The van der Waals surface area contributed by atoms with Gasteiger partial charge in [-0.1, -0.05) is 22.4 Å². The van der Waals surface area contributed by atoms with Gasteiger partial charge in [-0.2, -0.15) is 0 Å². The van der Waals surface area contributed by atoms with Crippen LogP contribution in [0, 0.1) is 0 Å². The Morgan fingerprint density at radius 2 is 2.17 bits per heavy atom. The zero-order chi connectivity index (χ0) is 12.5. The molecule has 2 unspecified atom stereocenters. The third-order valence-electron chi connectivity index (χ3n) is 4.26. The molecule has 2 aliphatic rings. The number of rotatable bonds is 1. The van der Waals surface area contributed by atoms with Gasteiger partial charge in [0.25, 0.3) is 0 Å². The number of piperidine rings is 1. The summed E-state index contributed by atoms with van der Waals surface area (Å²) in [4.78, 5) is 2.48.